The maximum atomic E-state index is 13.0. The van der Waals surface area contributed by atoms with E-state index in [1.807, 2.05) is 13.8 Å². The molecule has 0 spiro atoms. The summed E-state index contributed by atoms with van der Waals surface area (Å²) in [6.07, 6.45) is -3.40. The second-order valence-electron chi connectivity index (χ2n) is 4.60. The van der Waals surface area contributed by atoms with Gasteiger partial charge in [-0.25, -0.2) is 0 Å². The van der Waals surface area contributed by atoms with Crippen LogP contribution >= 0.6 is 0 Å². The summed E-state index contributed by atoms with van der Waals surface area (Å²) in [5.41, 5.74) is -0.0740. The fraction of sp³-hybridized carbons (Fsp3) is 0.333. The van der Waals surface area contributed by atoms with Crippen molar-refractivity contribution < 1.29 is 17.9 Å². The quantitative estimate of drug-likeness (QED) is 0.920. The zero-order valence-corrected chi connectivity index (χ0v) is 12.1. The van der Waals surface area contributed by atoms with Crippen LogP contribution in [0.5, 0.6) is 11.5 Å². The predicted octanol–water partition coefficient (Wildman–Crippen LogP) is 4.22. The van der Waals surface area contributed by atoms with Crippen LogP contribution in [0.25, 0.3) is 0 Å². The van der Waals surface area contributed by atoms with Crippen LogP contribution in [-0.2, 0) is 19.0 Å². The van der Waals surface area contributed by atoms with Crippen LogP contribution in [0.3, 0.4) is 0 Å². The van der Waals surface area contributed by atoms with Crippen molar-refractivity contribution in [2.45, 2.75) is 32.9 Å². The predicted molar refractivity (Wildman–Crippen MR) is 73.6 cm³/mol. The van der Waals surface area contributed by atoms with Crippen molar-refractivity contribution in [3.63, 3.8) is 0 Å². The average Bonchev–Trinajstić information content (AvgIpc) is 2.88. The van der Waals surface area contributed by atoms with Gasteiger partial charge >= 0.3 is 6.18 Å². The van der Waals surface area contributed by atoms with Gasteiger partial charge in [0.2, 0.25) is 0 Å². The van der Waals surface area contributed by atoms with Crippen LogP contribution < -0.4 is 4.74 Å². The summed E-state index contributed by atoms with van der Waals surface area (Å²) in [6.45, 7) is 3.77. The summed E-state index contributed by atoms with van der Waals surface area (Å²) in [5, 5.41) is 15.7. The molecule has 1 N–H and O–H groups in total. The van der Waals surface area contributed by atoms with Gasteiger partial charge in [0.1, 0.15) is 11.4 Å². The van der Waals surface area contributed by atoms with Gasteiger partial charge in [-0.2, -0.15) is 23.5 Å². The summed E-state index contributed by atoms with van der Waals surface area (Å²) in [7, 11) is 0. The SMILES string of the molecule is CCc1n[nH]c(CC)c1Oc1ccc(C#N)c(C(F)(F)F)c1. The first-order valence-electron chi connectivity index (χ1n) is 6.76. The minimum atomic E-state index is -4.61. The minimum absolute atomic E-state index is 0.0251. The summed E-state index contributed by atoms with van der Waals surface area (Å²) < 4.78 is 44.5. The first-order valence-corrected chi connectivity index (χ1v) is 6.76. The maximum absolute atomic E-state index is 13.0. The molecule has 0 fully saturated rings. The highest BCUT2D eigenvalue weighted by atomic mass is 19.4. The van der Waals surface area contributed by atoms with Crippen molar-refractivity contribution in [3.05, 3.63) is 40.7 Å². The van der Waals surface area contributed by atoms with E-state index in [9.17, 15) is 13.2 Å². The monoisotopic (exact) mass is 309 g/mol. The second-order valence-corrected chi connectivity index (χ2v) is 4.60. The van der Waals surface area contributed by atoms with Crippen molar-refractivity contribution >= 4 is 0 Å². The Morgan fingerprint density at radius 3 is 2.55 bits per heavy atom. The van der Waals surface area contributed by atoms with Crippen molar-refractivity contribution in [1.82, 2.24) is 10.2 Å². The van der Waals surface area contributed by atoms with Crippen LogP contribution in [0, 0.1) is 11.3 Å². The molecule has 1 aromatic heterocycles. The number of hydrogen-bond donors (Lipinski definition) is 1. The van der Waals surface area contributed by atoms with E-state index in [4.69, 9.17) is 10.00 Å². The highest BCUT2D eigenvalue weighted by Crippen LogP contribution is 2.36. The summed E-state index contributed by atoms with van der Waals surface area (Å²) in [4.78, 5) is 0. The van der Waals surface area contributed by atoms with Crippen LogP contribution in [0.15, 0.2) is 18.2 Å². The summed E-state index contributed by atoms with van der Waals surface area (Å²) >= 11 is 0. The molecule has 2 aromatic rings. The van der Waals surface area contributed by atoms with Crippen molar-refractivity contribution in [1.29, 1.82) is 5.26 Å². The Balaban J connectivity index is 2.44. The van der Waals surface area contributed by atoms with Crippen LogP contribution in [-0.4, -0.2) is 10.2 Å². The first kappa shape index (κ1) is 15.9. The number of nitrogens with one attached hydrogen (secondary N) is 1. The molecule has 22 heavy (non-hydrogen) atoms. The lowest BCUT2D eigenvalue weighted by Crippen LogP contribution is -2.08. The molecule has 0 saturated carbocycles. The third-order valence-corrected chi connectivity index (χ3v) is 3.19. The van der Waals surface area contributed by atoms with Crippen LogP contribution in [0.2, 0.25) is 0 Å². The van der Waals surface area contributed by atoms with Gasteiger partial charge in [-0.15, -0.1) is 0 Å². The highest BCUT2D eigenvalue weighted by molar-refractivity contribution is 5.46. The van der Waals surface area contributed by atoms with E-state index in [1.54, 1.807) is 0 Å². The highest BCUT2D eigenvalue weighted by Gasteiger charge is 2.34. The third-order valence-electron chi connectivity index (χ3n) is 3.19. The van der Waals surface area contributed by atoms with E-state index in [2.05, 4.69) is 10.2 Å². The largest absolute Gasteiger partial charge is 0.453 e. The standard InChI is InChI=1S/C15H14F3N3O/c1-3-12-14(13(4-2)21-20-12)22-10-6-5-9(8-19)11(7-10)15(16,17)18/h5-7H,3-4H2,1-2H3,(H,20,21). The van der Waals surface area contributed by atoms with Gasteiger partial charge < -0.3 is 4.74 Å². The Morgan fingerprint density at radius 2 is 2.00 bits per heavy atom. The Hall–Kier alpha value is -2.49. The van der Waals surface area contributed by atoms with Gasteiger partial charge in [0.25, 0.3) is 0 Å². The fourth-order valence-corrected chi connectivity index (χ4v) is 2.05. The number of aryl methyl sites for hydroxylation is 2. The van der Waals surface area contributed by atoms with Gasteiger partial charge in [-0.3, -0.25) is 5.10 Å². The molecule has 0 saturated heterocycles. The Labute approximate surface area is 125 Å². The molecular weight excluding hydrogens is 295 g/mol. The molecule has 0 aliphatic carbocycles. The lowest BCUT2D eigenvalue weighted by atomic mass is 10.1. The number of H-pyrrole nitrogens is 1. The van der Waals surface area contributed by atoms with Gasteiger partial charge in [0.15, 0.2) is 5.75 Å². The summed E-state index contributed by atoms with van der Waals surface area (Å²) in [5.74, 6) is 0.472. The van der Waals surface area contributed by atoms with Gasteiger partial charge in [0.05, 0.1) is 22.9 Å². The van der Waals surface area contributed by atoms with Crippen LogP contribution in [0.1, 0.15) is 36.4 Å². The Morgan fingerprint density at radius 1 is 1.27 bits per heavy atom. The number of hydrogen-bond acceptors (Lipinski definition) is 3. The zero-order valence-electron chi connectivity index (χ0n) is 12.1. The Kier molecular flexibility index (Phi) is 4.40. The molecule has 0 unspecified atom stereocenters. The fourth-order valence-electron chi connectivity index (χ4n) is 2.05. The number of aromatic nitrogens is 2. The molecule has 7 heteroatoms. The van der Waals surface area contributed by atoms with Crippen molar-refractivity contribution in [2.75, 3.05) is 0 Å². The number of nitrogens with zero attached hydrogens (tertiary/aromatic N) is 2. The Bertz CT molecular complexity index is 692. The molecular formula is C15H14F3N3O. The average molecular weight is 309 g/mol. The molecule has 2 rings (SSSR count). The molecule has 1 heterocycles. The number of nitriles is 1. The molecule has 0 amide bonds. The van der Waals surface area contributed by atoms with E-state index >= 15 is 0 Å². The number of halogens is 3. The lowest BCUT2D eigenvalue weighted by molar-refractivity contribution is -0.137. The molecule has 1 aromatic carbocycles. The van der Waals surface area contributed by atoms with E-state index in [0.717, 1.165) is 17.8 Å². The third kappa shape index (κ3) is 3.06. The molecule has 4 nitrogen and oxygen atoms in total. The van der Waals surface area contributed by atoms with Gasteiger partial charge in [-0.05, 0) is 31.0 Å². The van der Waals surface area contributed by atoms with Gasteiger partial charge in [-0.1, -0.05) is 13.8 Å². The minimum Gasteiger partial charge on any atom is -0.453 e. The molecule has 0 radical (unpaired) electrons. The van der Waals surface area contributed by atoms with E-state index in [0.29, 0.717) is 24.3 Å². The number of rotatable bonds is 4. The molecule has 0 aliphatic heterocycles. The molecule has 116 valence electrons. The van der Waals surface area contributed by atoms with Gasteiger partial charge in [0, 0.05) is 0 Å². The van der Waals surface area contributed by atoms with E-state index in [-0.39, 0.29) is 5.75 Å². The molecule has 0 atom stereocenters. The number of ether oxygens (including phenoxy) is 1. The lowest BCUT2D eigenvalue weighted by Gasteiger charge is -2.12. The van der Waals surface area contributed by atoms with Crippen molar-refractivity contribution in [3.8, 4) is 17.6 Å². The van der Waals surface area contributed by atoms with Crippen LogP contribution in [0.4, 0.5) is 13.2 Å². The molecule has 0 aliphatic rings. The van der Waals surface area contributed by atoms with Crippen molar-refractivity contribution in [2.24, 2.45) is 0 Å². The van der Waals surface area contributed by atoms with E-state index < -0.39 is 17.3 Å². The number of benzene rings is 1. The first-order chi connectivity index (χ1) is 10.4. The topological polar surface area (TPSA) is 61.7 Å². The second kappa shape index (κ2) is 6.10. The number of alkyl halides is 3. The molecule has 0 bridgehead atoms. The normalized spacial score (nSPS) is 11.3. The zero-order chi connectivity index (χ0) is 16.3. The maximum Gasteiger partial charge on any atom is 0.417 e. The smallest absolute Gasteiger partial charge is 0.417 e. The number of aromatic amines is 1. The summed E-state index contributed by atoms with van der Waals surface area (Å²) in [6, 6.07) is 4.83. The van der Waals surface area contributed by atoms with E-state index in [1.165, 1.54) is 12.1 Å².